The van der Waals surface area contributed by atoms with Gasteiger partial charge in [0.2, 0.25) is 0 Å². The normalized spacial score (nSPS) is 11.6. The molecule has 0 aliphatic heterocycles. The van der Waals surface area contributed by atoms with Crippen LogP contribution in [-0.2, 0) is 0 Å². The summed E-state index contributed by atoms with van der Waals surface area (Å²) in [5, 5.41) is 0.570. The second kappa shape index (κ2) is 8.67. The molecule has 0 atom stereocenters. The van der Waals surface area contributed by atoms with Crippen LogP contribution in [0, 0.1) is 6.92 Å². The van der Waals surface area contributed by atoms with Crippen molar-refractivity contribution in [2.24, 2.45) is 10.7 Å². The van der Waals surface area contributed by atoms with Crippen molar-refractivity contribution in [2.75, 3.05) is 19.6 Å². The molecule has 0 amide bonds. The molecule has 5 nitrogen and oxygen atoms in total. The van der Waals surface area contributed by atoms with E-state index in [0.29, 0.717) is 16.4 Å². The van der Waals surface area contributed by atoms with E-state index < -0.39 is 0 Å². The molecule has 7 heteroatoms. The molecule has 3 rings (SSSR count). The van der Waals surface area contributed by atoms with Crippen LogP contribution in [0.4, 0.5) is 0 Å². The molecule has 28 heavy (non-hydrogen) atoms. The molecule has 3 aromatic rings. The van der Waals surface area contributed by atoms with Crippen molar-refractivity contribution in [3.8, 4) is 17.1 Å². The predicted octanol–water partition coefficient (Wildman–Crippen LogP) is 3.99. The number of rotatable bonds is 5. The van der Waals surface area contributed by atoms with Crippen LogP contribution in [0.2, 0.25) is 0 Å². The van der Waals surface area contributed by atoms with Gasteiger partial charge in [-0.05, 0) is 43.7 Å². The fourth-order valence-corrected chi connectivity index (χ4v) is 3.83. The predicted molar refractivity (Wildman–Crippen MR) is 120 cm³/mol. The van der Waals surface area contributed by atoms with Gasteiger partial charge in [-0.2, -0.15) is 0 Å². The Morgan fingerprint density at radius 1 is 1.04 bits per heavy atom. The van der Waals surface area contributed by atoms with Crippen molar-refractivity contribution in [3.63, 3.8) is 0 Å². The van der Waals surface area contributed by atoms with Crippen molar-refractivity contribution < 1.29 is 0 Å². The van der Waals surface area contributed by atoms with Gasteiger partial charge in [-0.25, -0.2) is 4.98 Å². The summed E-state index contributed by atoms with van der Waals surface area (Å²) in [6.45, 7) is 2.01. The zero-order chi connectivity index (χ0) is 20.3. The maximum atomic E-state index is 13.5. The maximum Gasteiger partial charge on any atom is 0.270 e. The van der Waals surface area contributed by atoms with Gasteiger partial charge < -0.3 is 5.73 Å². The van der Waals surface area contributed by atoms with E-state index in [1.165, 1.54) is 11.8 Å². The first-order valence-corrected chi connectivity index (χ1v) is 11.1. The molecule has 1 heterocycles. The molecule has 1 aromatic heterocycles. The third-order valence-corrected chi connectivity index (χ3v) is 5.81. The van der Waals surface area contributed by atoms with Crippen LogP contribution >= 0.6 is 23.5 Å². The summed E-state index contributed by atoms with van der Waals surface area (Å²) in [5.74, 6) is 0.769. The Labute approximate surface area is 173 Å². The SMILES string of the molecule is CN=C(N)c1c(SC)nc(-c2ccc(SC)cc2)n(-c2ccc(C)cc2)c1=O. The highest BCUT2D eigenvalue weighted by molar-refractivity contribution is 7.98. The van der Waals surface area contributed by atoms with E-state index in [-0.39, 0.29) is 11.4 Å². The van der Waals surface area contributed by atoms with Crippen LogP contribution in [0.25, 0.3) is 17.1 Å². The molecule has 0 saturated carbocycles. The molecular weight excluding hydrogens is 388 g/mol. The highest BCUT2D eigenvalue weighted by Crippen LogP contribution is 2.26. The van der Waals surface area contributed by atoms with Gasteiger partial charge in [0, 0.05) is 17.5 Å². The second-order valence-electron chi connectivity index (χ2n) is 6.13. The highest BCUT2D eigenvalue weighted by atomic mass is 32.2. The van der Waals surface area contributed by atoms with E-state index in [1.54, 1.807) is 23.4 Å². The van der Waals surface area contributed by atoms with Crippen LogP contribution in [0.15, 0.2) is 68.2 Å². The third-order valence-electron chi connectivity index (χ3n) is 4.38. The number of thioether (sulfide) groups is 2. The minimum atomic E-state index is -0.227. The molecule has 0 radical (unpaired) electrons. The Morgan fingerprint density at radius 3 is 2.21 bits per heavy atom. The van der Waals surface area contributed by atoms with E-state index in [9.17, 15) is 4.79 Å². The van der Waals surface area contributed by atoms with Gasteiger partial charge in [0.15, 0.2) is 0 Å². The van der Waals surface area contributed by atoms with E-state index in [4.69, 9.17) is 10.7 Å². The van der Waals surface area contributed by atoms with Gasteiger partial charge in [-0.1, -0.05) is 29.8 Å². The largest absolute Gasteiger partial charge is 0.383 e. The van der Waals surface area contributed by atoms with E-state index in [1.807, 2.05) is 68.0 Å². The lowest BCUT2D eigenvalue weighted by Crippen LogP contribution is -2.32. The fourth-order valence-electron chi connectivity index (χ4n) is 2.85. The number of aryl methyl sites for hydroxylation is 1. The number of benzene rings is 2. The Bertz CT molecular complexity index is 1070. The summed E-state index contributed by atoms with van der Waals surface area (Å²) in [6, 6.07) is 15.8. The van der Waals surface area contributed by atoms with Crippen LogP contribution in [-0.4, -0.2) is 34.9 Å². The average molecular weight is 411 g/mol. The molecule has 0 fully saturated rings. The van der Waals surface area contributed by atoms with Gasteiger partial charge in [0.05, 0.1) is 5.69 Å². The van der Waals surface area contributed by atoms with Crippen molar-refractivity contribution in [1.29, 1.82) is 0 Å². The van der Waals surface area contributed by atoms with E-state index in [0.717, 1.165) is 21.7 Å². The number of nitrogens with zero attached hydrogens (tertiary/aromatic N) is 3. The summed E-state index contributed by atoms with van der Waals surface area (Å²) < 4.78 is 1.61. The topological polar surface area (TPSA) is 73.3 Å². The average Bonchev–Trinajstić information content (AvgIpc) is 2.73. The minimum Gasteiger partial charge on any atom is -0.383 e. The van der Waals surface area contributed by atoms with Crippen LogP contribution in [0.3, 0.4) is 0 Å². The molecule has 0 aliphatic carbocycles. The molecule has 0 saturated heterocycles. The molecule has 0 bridgehead atoms. The Hall–Kier alpha value is -2.51. The minimum absolute atomic E-state index is 0.187. The van der Waals surface area contributed by atoms with Crippen molar-refractivity contribution in [3.05, 3.63) is 70.0 Å². The Kier molecular flexibility index (Phi) is 6.26. The quantitative estimate of drug-likeness (QED) is 0.298. The molecule has 0 spiro atoms. The summed E-state index contributed by atoms with van der Waals surface area (Å²) in [5.41, 5.74) is 8.88. The molecule has 144 valence electrons. The number of aliphatic imine (C=N–C) groups is 1. The highest BCUT2D eigenvalue weighted by Gasteiger charge is 2.21. The van der Waals surface area contributed by atoms with Gasteiger partial charge in [0.1, 0.15) is 22.2 Å². The lowest BCUT2D eigenvalue weighted by atomic mass is 10.1. The van der Waals surface area contributed by atoms with Crippen LogP contribution < -0.4 is 11.3 Å². The molecule has 0 unspecified atom stereocenters. The smallest absolute Gasteiger partial charge is 0.270 e. The van der Waals surface area contributed by atoms with E-state index >= 15 is 0 Å². The van der Waals surface area contributed by atoms with Crippen LogP contribution in [0.1, 0.15) is 11.1 Å². The zero-order valence-corrected chi connectivity index (χ0v) is 17.9. The number of nitrogens with two attached hydrogens (primary N) is 1. The first-order valence-electron chi connectivity index (χ1n) is 8.65. The van der Waals surface area contributed by atoms with E-state index in [2.05, 4.69) is 4.99 Å². The fraction of sp³-hybridized carbons (Fsp3) is 0.190. The molecular formula is C21H22N4OS2. The first kappa shape index (κ1) is 20.2. The lowest BCUT2D eigenvalue weighted by molar-refractivity contribution is 0.894. The zero-order valence-electron chi connectivity index (χ0n) is 16.3. The molecule has 0 aliphatic rings. The number of amidine groups is 1. The monoisotopic (exact) mass is 410 g/mol. The summed E-state index contributed by atoms with van der Waals surface area (Å²) in [6.07, 6.45) is 3.91. The van der Waals surface area contributed by atoms with Gasteiger partial charge in [-0.15, -0.1) is 23.5 Å². The Balaban J connectivity index is 2.37. The van der Waals surface area contributed by atoms with Gasteiger partial charge >= 0.3 is 0 Å². The molecule has 2 aromatic carbocycles. The van der Waals surface area contributed by atoms with Crippen molar-refractivity contribution in [2.45, 2.75) is 16.8 Å². The first-order chi connectivity index (χ1) is 13.5. The third kappa shape index (κ3) is 3.86. The number of hydrogen-bond acceptors (Lipinski definition) is 5. The van der Waals surface area contributed by atoms with Gasteiger partial charge in [0.25, 0.3) is 5.56 Å². The van der Waals surface area contributed by atoms with Crippen LogP contribution in [0.5, 0.6) is 0 Å². The summed E-state index contributed by atoms with van der Waals surface area (Å²) in [7, 11) is 1.57. The van der Waals surface area contributed by atoms with Crippen molar-refractivity contribution >= 4 is 29.4 Å². The number of hydrogen-bond donors (Lipinski definition) is 1. The van der Waals surface area contributed by atoms with Gasteiger partial charge in [-0.3, -0.25) is 14.4 Å². The summed E-state index contributed by atoms with van der Waals surface area (Å²) >= 11 is 3.06. The summed E-state index contributed by atoms with van der Waals surface area (Å²) in [4.78, 5) is 23.5. The van der Waals surface area contributed by atoms with Crippen molar-refractivity contribution in [1.82, 2.24) is 9.55 Å². The Morgan fingerprint density at radius 2 is 1.68 bits per heavy atom. The standard InChI is InChI=1S/C21H22N4OS2/c1-13-5-9-15(10-6-13)25-19(14-7-11-16(27-3)12-8-14)24-20(28-4)17(21(25)26)18(22)23-2/h5-12H,1-4H3,(H2,22,23). The maximum absolute atomic E-state index is 13.5. The number of aromatic nitrogens is 2. The molecule has 2 N–H and O–H groups in total. The lowest BCUT2D eigenvalue weighted by Gasteiger charge is -2.17. The second-order valence-corrected chi connectivity index (χ2v) is 7.81.